The molecular weight excluding hydrogens is 308 g/mol. The fourth-order valence-corrected chi connectivity index (χ4v) is 3.70. The number of amides is 1. The highest BCUT2D eigenvalue weighted by Gasteiger charge is 2.34. The summed E-state index contributed by atoms with van der Waals surface area (Å²) in [5.74, 6) is 0.512. The topological polar surface area (TPSA) is 69.0 Å². The maximum atomic E-state index is 12.6. The number of carbonyl (C=O) groups is 1. The van der Waals surface area contributed by atoms with E-state index in [1.807, 2.05) is 48.5 Å². The van der Waals surface area contributed by atoms with E-state index in [9.17, 15) is 4.79 Å². The molecule has 0 spiro atoms. The third-order valence-corrected chi connectivity index (χ3v) is 5.32. The van der Waals surface area contributed by atoms with E-state index in [4.69, 9.17) is 5.26 Å². The normalized spacial score (nSPS) is 19.5. The van der Waals surface area contributed by atoms with Crippen LogP contribution in [0.25, 0.3) is 10.6 Å². The molecule has 1 amide bonds. The van der Waals surface area contributed by atoms with Crippen LogP contribution in [-0.4, -0.2) is 35.4 Å². The van der Waals surface area contributed by atoms with Gasteiger partial charge in [-0.2, -0.15) is 5.26 Å². The highest BCUT2D eigenvalue weighted by atomic mass is 32.1. The van der Waals surface area contributed by atoms with Crippen molar-refractivity contribution in [2.45, 2.75) is 18.9 Å². The average molecular weight is 326 g/mol. The zero-order valence-corrected chi connectivity index (χ0v) is 13.7. The highest BCUT2D eigenvalue weighted by Crippen LogP contribution is 2.32. The summed E-state index contributed by atoms with van der Waals surface area (Å²) in [4.78, 5) is 19.4. The van der Waals surface area contributed by atoms with Crippen molar-refractivity contribution >= 4 is 17.2 Å². The van der Waals surface area contributed by atoms with Crippen molar-refractivity contribution in [1.82, 2.24) is 15.2 Å². The van der Waals surface area contributed by atoms with E-state index in [0.717, 1.165) is 23.4 Å². The quantitative estimate of drug-likeness (QED) is 0.677. The first kappa shape index (κ1) is 15.5. The van der Waals surface area contributed by atoms with Gasteiger partial charge in [0.15, 0.2) is 6.19 Å². The molecule has 1 saturated carbocycles. The number of hydrogen-bond acceptors (Lipinski definition) is 5. The summed E-state index contributed by atoms with van der Waals surface area (Å²) < 4.78 is 0. The fourth-order valence-electron chi connectivity index (χ4n) is 2.80. The van der Waals surface area contributed by atoms with Gasteiger partial charge in [-0.25, -0.2) is 4.98 Å². The van der Waals surface area contributed by atoms with Crippen LogP contribution >= 0.6 is 11.3 Å². The molecule has 0 unspecified atom stereocenters. The van der Waals surface area contributed by atoms with Crippen LogP contribution in [0.3, 0.4) is 0 Å². The molecule has 5 nitrogen and oxygen atoms in total. The van der Waals surface area contributed by atoms with Gasteiger partial charge in [-0.15, -0.1) is 11.3 Å². The van der Waals surface area contributed by atoms with Crippen molar-refractivity contribution in [2.24, 2.45) is 5.92 Å². The molecule has 3 rings (SSSR count). The minimum atomic E-state index is 0.0290. The molecule has 1 N–H and O–H groups in total. The molecule has 118 valence electrons. The second-order valence-corrected chi connectivity index (χ2v) is 6.83. The number of nitriles is 1. The molecule has 0 atom stereocenters. The summed E-state index contributed by atoms with van der Waals surface area (Å²) in [5.41, 5.74) is 1.03. The number of nitrogens with zero attached hydrogens (tertiary/aromatic N) is 3. The average Bonchev–Trinajstić information content (AvgIpc) is 3.03. The van der Waals surface area contributed by atoms with Crippen molar-refractivity contribution in [1.29, 1.82) is 5.26 Å². The molecule has 0 saturated heterocycles. The molecule has 2 aromatic rings. The van der Waals surface area contributed by atoms with Crippen molar-refractivity contribution in [2.75, 3.05) is 13.6 Å². The third kappa shape index (κ3) is 3.35. The Kier molecular flexibility index (Phi) is 4.58. The lowest BCUT2D eigenvalue weighted by molar-refractivity contribution is 0.0558. The van der Waals surface area contributed by atoms with Crippen molar-refractivity contribution in [3.63, 3.8) is 0 Å². The van der Waals surface area contributed by atoms with Crippen LogP contribution < -0.4 is 5.32 Å². The molecule has 23 heavy (non-hydrogen) atoms. The number of thiazole rings is 1. The number of carbonyl (C=O) groups excluding carboxylic acids is 1. The lowest BCUT2D eigenvalue weighted by Gasteiger charge is -2.40. The largest absolute Gasteiger partial charge is 0.338 e. The van der Waals surface area contributed by atoms with Crippen LogP contribution in [0.1, 0.15) is 22.5 Å². The Bertz CT molecular complexity index is 716. The zero-order chi connectivity index (χ0) is 16.2. The van der Waals surface area contributed by atoms with E-state index in [2.05, 4.69) is 10.3 Å². The second kappa shape index (κ2) is 6.80. The van der Waals surface area contributed by atoms with E-state index in [1.54, 1.807) is 6.20 Å². The van der Waals surface area contributed by atoms with Crippen molar-refractivity contribution in [3.05, 3.63) is 41.4 Å². The molecular formula is C17H18N4OS. The molecule has 1 fully saturated rings. The molecule has 0 radical (unpaired) electrons. The van der Waals surface area contributed by atoms with Crippen molar-refractivity contribution in [3.8, 4) is 16.8 Å². The van der Waals surface area contributed by atoms with Gasteiger partial charge in [0.1, 0.15) is 9.88 Å². The lowest BCUT2D eigenvalue weighted by Crippen LogP contribution is -2.47. The maximum Gasteiger partial charge on any atom is 0.265 e. The summed E-state index contributed by atoms with van der Waals surface area (Å²) in [7, 11) is 1.85. The van der Waals surface area contributed by atoms with Crippen LogP contribution in [0.2, 0.25) is 0 Å². The minimum Gasteiger partial charge on any atom is -0.338 e. The highest BCUT2D eigenvalue weighted by molar-refractivity contribution is 7.16. The Morgan fingerprint density at radius 3 is 2.87 bits per heavy atom. The van der Waals surface area contributed by atoms with Crippen LogP contribution in [0, 0.1) is 17.4 Å². The van der Waals surface area contributed by atoms with Gasteiger partial charge in [0, 0.05) is 25.2 Å². The van der Waals surface area contributed by atoms with Gasteiger partial charge >= 0.3 is 0 Å². The summed E-state index contributed by atoms with van der Waals surface area (Å²) in [5, 5.41) is 12.1. The zero-order valence-electron chi connectivity index (χ0n) is 12.9. The summed E-state index contributed by atoms with van der Waals surface area (Å²) >= 11 is 1.43. The first-order valence-corrected chi connectivity index (χ1v) is 8.41. The third-order valence-electron chi connectivity index (χ3n) is 4.29. The van der Waals surface area contributed by atoms with Gasteiger partial charge in [-0.05, 0) is 18.8 Å². The van der Waals surface area contributed by atoms with Crippen LogP contribution in [0.5, 0.6) is 0 Å². The first-order valence-electron chi connectivity index (χ1n) is 7.59. The fraction of sp³-hybridized carbons (Fsp3) is 0.353. The SMILES string of the molecule is CN(C(=O)c1cnc(-c2ccccc2)s1)C1CC(CNC#N)C1. The molecule has 1 aliphatic rings. The van der Waals surface area contributed by atoms with Gasteiger partial charge in [0.2, 0.25) is 0 Å². The Labute approximate surface area is 139 Å². The Hall–Kier alpha value is -2.39. The standard InChI is InChI=1S/C17H18N4OS/c1-21(14-7-12(8-14)9-19-11-18)17(22)15-10-20-16(23-15)13-5-3-2-4-6-13/h2-6,10,12,14,19H,7-9H2,1H3. The summed E-state index contributed by atoms with van der Waals surface area (Å²) in [6, 6.07) is 10.1. The van der Waals surface area contributed by atoms with Gasteiger partial charge < -0.3 is 10.2 Å². The van der Waals surface area contributed by atoms with Gasteiger partial charge in [-0.1, -0.05) is 30.3 Å². The summed E-state index contributed by atoms with van der Waals surface area (Å²) in [6.45, 7) is 0.702. The Morgan fingerprint density at radius 1 is 1.43 bits per heavy atom. The molecule has 1 aromatic heterocycles. The van der Waals surface area contributed by atoms with E-state index >= 15 is 0 Å². The van der Waals surface area contributed by atoms with E-state index in [1.165, 1.54) is 11.3 Å². The molecule has 0 bridgehead atoms. The van der Waals surface area contributed by atoms with E-state index in [-0.39, 0.29) is 11.9 Å². The van der Waals surface area contributed by atoms with E-state index < -0.39 is 0 Å². The Morgan fingerprint density at radius 2 is 2.17 bits per heavy atom. The molecule has 1 aromatic carbocycles. The number of aromatic nitrogens is 1. The molecule has 1 heterocycles. The predicted octanol–water partition coefficient (Wildman–Crippen LogP) is 2.73. The number of nitrogens with one attached hydrogen (secondary N) is 1. The first-order chi connectivity index (χ1) is 11.2. The molecule has 1 aliphatic carbocycles. The smallest absolute Gasteiger partial charge is 0.265 e. The molecule has 0 aliphatic heterocycles. The van der Waals surface area contributed by atoms with Crippen LogP contribution in [0.15, 0.2) is 36.5 Å². The number of rotatable bonds is 5. The minimum absolute atomic E-state index is 0.0290. The predicted molar refractivity (Wildman–Crippen MR) is 89.8 cm³/mol. The van der Waals surface area contributed by atoms with Crippen LogP contribution in [0.4, 0.5) is 0 Å². The molecule has 6 heteroatoms. The van der Waals surface area contributed by atoms with Crippen molar-refractivity contribution < 1.29 is 4.79 Å². The Balaban J connectivity index is 1.61. The lowest BCUT2D eigenvalue weighted by atomic mass is 9.79. The maximum absolute atomic E-state index is 12.6. The number of benzene rings is 1. The van der Waals surface area contributed by atoms with Crippen LogP contribution in [-0.2, 0) is 0 Å². The van der Waals surface area contributed by atoms with Gasteiger partial charge in [-0.3, -0.25) is 4.79 Å². The number of hydrogen-bond donors (Lipinski definition) is 1. The van der Waals surface area contributed by atoms with Gasteiger partial charge in [0.25, 0.3) is 5.91 Å². The van der Waals surface area contributed by atoms with E-state index in [0.29, 0.717) is 17.3 Å². The van der Waals surface area contributed by atoms with Gasteiger partial charge in [0.05, 0.1) is 6.20 Å². The summed E-state index contributed by atoms with van der Waals surface area (Å²) in [6.07, 6.45) is 5.50. The monoisotopic (exact) mass is 326 g/mol. The second-order valence-electron chi connectivity index (χ2n) is 5.80.